The van der Waals surface area contributed by atoms with Gasteiger partial charge < -0.3 is 15.1 Å². The van der Waals surface area contributed by atoms with Crippen molar-refractivity contribution < 1.29 is 9.59 Å². The summed E-state index contributed by atoms with van der Waals surface area (Å²) in [5.41, 5.74) is 0.565. The number of hydrogen-bond donors (Lipinski definition) is 1. The second-order valence-corrected chi connectivity index (χ2v) is 9.84. The van der Waals surface area contributed by atoms with Crippen LogP contribution in [-0.4, -0.2) is 67.3 Å². The molecule has 0 aromatic rings. The van der Waals surface area contributed by atoms with Gasteiger partial charge in [0.15, 0.2) is 0 Å². The van der Waals surface area contributed by atoms with Crippen molar-refractivity contribution in [1.29, 1.82) is 0 Å². The number of ketones is 1. The van der Waals surface area contributed by atoms with E-state index in [0.29, 0.717) is 17.1 Å². The van der Waals surface area contributed by atoms with Crippen molar-refractivity contribution in [2.45, 2.75) is 58.3 Å². The molecule has 3 saturated heterocycles. The van der Waals surface area contributed by atoms with Gasteiger partial charge in [0.2, 0.25) is 5.91 Å². The molecule has 1 atom stereocenters. The highest BCUT2D eigenvalue weighted by atomic mass is 16.2. The average molecular weight is 376 g/mol. The lowest BCUT2D eigenvalue weighted by atomic mass is 9.79. The van der Waals surface area contributed by atoms with E-state index in [9.17, 15) is 9.59 Å². The van der Waals surface area contributed by atoms with E-state index in [-0.39, 0.29) is 11.8 Å². The van der Waals surface area contributed by atoms with Crippen LogP contribution in [0.1, 0.15) is 58.3 Å². The van der Waals surface area contributed by atoms with Gasteiger partial charge in [-0.15, -0.1) is 0 Å². The molecule has 0 radical (unpaired) electrons. The number of rotatable bonds is 4. The molecular formula is C22H37N3O2. The quantitative estimate of drug-likeness (QED) is 0.819. The molecule has 1 N–H and O–H groups in total. The largest absolute Gasteiger partial charge is 0.342 e. The molecule has 27 heavy (non-hydrogen) atoms. The van der Waals surface area contributed by atoms with Crippen LogP contribution in [-0.2, 0) is 9.59 Å². The van der Waals surface area contributed by atoms with E-state index in [2.05, 4.69) is 15.1 Å². The summed E-state index contributed by atoms with van der Waals surface area (Å²) in [5.74, 6) is 1.81. The Morgan fingerprint density at radius 3 is 2.30 bits per heavy atom. The highest BCUT2D eigenvalue weighted by Gasteiger charge is 2.41. The maximum Gasteiger partial charge on any atom is 0.225 e. The molecule has 152 valence electrons. The molecule has 5 nitrogen and oxygen atoms in total. The first-order valence-corrected chi connectivity index (χ1v) is 11.3. The molecule has 1 unspecified atom stereocenters. The second-order valence-electron chi connectivity index (χ2n) is 9.84. The lowest BCUT2D eigenvalue weighted by molar-refractivity contribution is -0.139. The minimum absolute atomic E-state index is 0.172. The summed E-state index contributed by atoms with van der Waals surface area (Å²) in [6.07, 6.45) is 8.68. The molecule has 1 saturated carbocycles. The number of carbonyl (C=O) groups excluding carboxylic acids is 2. The van der Waals surface area contributed by atoms with E-state index in [1.807, 2.05) is 0 Å². The van der Waals surface area contributed by atoms with E-state index < -0.39 is 0 Å². The highest BCUT2D eigenvalue weighted by molar-refractivity contribution is 5.81. The van der Waals surface area contributed by atoms with Crippen molar-refractivity contribution in [1.82, 2.24) is 15.1 Å². The van der Waals surface area contributed by atoms with E-state index in [1.165, 1.54) is 45.6 Å². The Hall–Kier alpha value is -0.940. The molecule has 1 aliphatic carbocycles. The van der Waals surface area contributed by atoms with Crippen LogP contribution in [0.3, 0.4) is 0 Å². The average Bonchev–Trinajstić information content (AvgIpc) is 3.31. The highest BCUT2D eigenvalue weighted by Crippen LogP contribution is 2.37. The Morgan fingerprint density at radius 1 is 0.963 bits per heavy atom. The van der Waals surface area contributed by atoms with E-state index in [0.717, 1.165) is 57.5 Å². The zero-order valence-corrected chi connectivity index (χ0v) is 17.0. The predicted octanol–water partition coefficient (Wildman–Crippen LogP) is 2.31. The maximum atomic E-state index is 12.9. The Balaban J connectivity index is 1.19. The minimum atomic E-state index is 0.172. The van der Waals surface area contributed by atoms with Gasteiger partial charge in [-0.1, -0.05) is 0 Å². The summed E-state index contributed by atoms with van der Waals surface area (Å²) in [6, 6.07) is 0. The van der Waals surface area contributed by atoms with Gasteiger partial charge in [0.25, 0.3) is 0 Å². The molecule has 3 aliphatic heterocycles. The lowest BCUT2D eigenvalue weighted by Gasteiger charge is -2.37. The molecule has 4 fully saturated rings. The third-order valence-corrected chi connectivity index (χ3v) is 7.94. The fraction of sp³-hybridized carbons (Fsp3) is 0.909. The maximum absolute atomic E-state index is 12.9. The molecular weight excluding hydrogens is 338 g/mol. The molecule has 4 aliphatic rings. The summed E-state index contributed by atoms with van der Waals surface area (Å²) in [6.45, 7) is 9.76. The summed E-state index contributed by atoms with van der Waals surface area (Å²) >= 11 is 0. The third-order valence-electron chi connectivity index (χ3n) is 7.94. The Morgan fingerprint density at radius 2 is 1.67 bits per heavy atom. The zero-order valence-electron chi connectivity index (χ0n) is 17.0. The van der Waals surface area contributed by atoms with Crippen LogP contribution in [0.5, 0.6) is 0 Å². The van der Waals surface area contributed by atoms with Crippen LogP contribution >= 0.6 is 0 Å². The van der Waals surface area contributed by atoms with Crippen LogP contribution in [0.15, 0.2) is 0 Å². The molecule has 0 aromatic carbocycles. The smallest absolute Gasteiger partial charge is 0.225 e. The first kappa shape index (κ1) is 19.4. The van der Waals surface area contributed by atoms with E-state index in [4.69, 9.17) is 0 Å². The minimum Gasteiger partial charge on any atom is -0.342 e. The van der Waals surface area contributed by atoms with Gasteiger partial charge in [0.05, 0.1) is 0 Å². The summed E-state index contributed by atoms with van der Waals surface area (Å²) < 4.78 is 0. The van der Waals surface area contributed by atoms with Crippen molar-refractivity contribution in [3.63, 3.8) is 0 Å². The number of nitrogens with zero attached hydrogens (tertiary/aromatic N) is 2. The predicted molar refractivity (Wildman–Crippen MR) is 106 cm³/mol. The fourth-order valence-electron chi connectivity index (χ4n) is 6.03. The zero-order chi connectivity index (χ0) is 18.9. The molecule has 1 amide bonds. The Labute approximate surface area is 164 Å². The number of hydrogen-bond acceptors (Lipinski definition) is 4. The lowest BCUT2D eigenvalue weighted by Crippen LogP contribution is -2.44. The first-order chi connectivity index (χ1) is 13.0. The second kappa shape index (κ2) is 8.20. The Kier molecular flexibility index (Phi) is 5.89. The normalized spacial score (nSPS) is 35.8. The van der Waals surface area contributed by atoms with Gasteiger partial charge in [-0.2, -0.15) is 0 Å². The fourth-order valence-corrected chi connectivity index (χ4v) is 6.03. The van der Waals surface area contributed by atoms with Gasteiger partial charge >= 0.3 is 0 Å². The van der Waals surface area contributed by atoms with Gasteiger partial charge in [0, 0.05) is 44.6 Å². The van der Waals surface area contributed by atoms with E-state index in [1.54, 1.807) is 6.92 Å². The molecule has 0 bridgehead atoms. The SMILES string of the molecule is CC(=O)C1CCC(C(=O)N2CCC(CN3CCC4(CCNC4)C3)CC2)CC1. The van der Waals surface area contributed by atoms with Crippen LogP contribution in [0.2, 0.25) is 0 Å². The number of Topliss-reactive ketones (excluding diaryl/α,β-unsaturated/α-hetero) is 1. The molecule has 5 heteroatoms. The van der Waals surface area contributed by atoms with Crippen LogP contribution in [0.25, 0.3) is 0 Å². The van der Waals surface area contributed by atoms with Crippen molar-refractivity contribution in [2.24, 2.45) is 23.2 Å². The number of nitrogens with one attached hydrogen (secondary N) is 1. The topological polar surface area (TPSA) is 52.7 Å². The number of carbonyl (C=O) groups is 2. The van der Waals surface area contributed by atoms with Crippen LogP contribution < -0.4 is 5.32 Å². The van der Waals surface area contributed by atoms with Gasteiger partial charge in [0.1, 0.15) is 5.78 Å². The third kappa shape index (κ3) is 4.40. The number of amides is 1. The number of likely N-dealkylation sites (tertiary alicyclic amines) is 2. The molecule has 1 spiro atoms. The molecule has 4 rings (SSSR count). The van der Waals surface area contributed by atoms with Crippen molar-refractivity contribution in [2.75, 3.05) is 45.8 Å². The van der Waals surface area contributed by atoms with Gasteiger partial charge in [-0.3, -0.25) is 9.59 Å². The van der Waals surface area contributed by atoms with Gasteiger partial charge in [-0.25, -0.2) is 0 Å². The number of piperidine rings is 1. The first-order valence-electron chi connectivity index (χ1n) is 11.3. The van der Waals surface area contributed by atoms with Gasteiger partial charge in [-0.05, 0) is 82.7 Å². The van der Waals surface area contributed by atoms with E-state index >= 15 is 0 Å². The van der Waals surface area contributed by atoms with Crippen molar-refractivity contribution in [3.05, 3.63) is 0 Å². The monoisotopic (exact) mass is 375 g/mol. The van der Waals surface area contributed by atoms with Crippen LogP contribution in [0, 0.1) is 23.2 Å². The van der Waals surface area contributed by atoms with Crippen LogP contribution in [0.4, 0.5) is 0 Å². The Bertz CT molecular complexity index is 542. The van der Waals surface area contributed by atoms with Crippen molar-refractivity contribution in [3.8, 4) is 0 Å². The molecule has 0 aromatic heterocycles. The summed E-state index contributed by atoms with van der Waals surface area (Å²) in [7, 11) is 0. The summed E-state index contributed by atoms with van der Waals surface area (Å²) in [4.78, 5) is 29.2. The standard InChI is InChI=1S/C22H37N3O2/c1-17(26)19-2-4-20(5-3-19)21(27)25-11-6-18(7-12-25)14-24-13-9-22(16-24)8-10-23-15-22/h18-20,23H,2-16H2,1H3. The van der Waals surface area contributed by atoms with Crippen molar-refractivity contribution >= 4 is 11.7 Å². The summed E-state index contributed by atoms with van der Waals surface area (Å²) in [5, 5.41) is 3.55. The molecule has 3 heterocycles.